The van der Waals surface area contributed by atoms with Gasteiger partial charge in [-0.1, -0.05) is 12.8 Å². The van der Waals surface area contributed by atoms with E-state index in [1.165, 1.54) is 43.4 Å². The van der Waals surface area contributed by atoms with Crippen molar-refractivity contribution < 1.29 is 9.90 Å². The molecule has 0 amide bonds. The Hall–Kier alpha value is -1.56. The van der Waals surface area contributed by atoms with Crippen LogP contribution in [-0.4, -0.2) is 33.0 Å². The zero-order valence-corrected chi connectivity index (χ0v) is 12.7. The van der Waals surface area contributed by atoms with Crippen molar-refractivity contribution in [1.82, 2.24) is 9.38 Å². The molecule has 1 saturated heterocycles. The number of carboxylic acid groups (broad SMARTS) is 1. The Bertz CT molecular complexity index is 672. The summed E-state index contributed by atoms with van der Waals surface area (Å²) in [6.07, 6.45) is 9.33. The van der Waals surface area contributed by atoms with Gasteiger partial charge in [0, 0.05) is 24.2 Å². The lowest BCUT2D eigenvalue weighted by atomic mass is 9.96. The van der Waals surface area contributed by atoms with Crippen molar-refractivity contribution in [2.45, 2.75) is 44.6 Å². The molecule has 3 heterocycles. The van der Waals surface area contributed by atoms with E-state index < -0.39 is 5.97 Å². The highest BCUT2D eigenvalue weighted by Gasteiger charge is 2.37. The van der Waals surface area contributed by atoms with Crippen molar-refractivity contribution >= 4 is 28.1 Å². The summed E-state index contributed by atoms with van der Waals surface area (Å²) in [5, 5.41) is 11.5. The molecule has 6 heteroatoms. The molecule has 0 aromatic carbocycles. The molecule has 2 aromatic rings. The maximum Gasteiger partial charge on any atom is 0.356 e. The lowest BCUT2D eigenvalue weighted by molar-refractivity contribution is 0.0690. The number of aromatic nitrogens is 2. The number of hydrogen-bond donors (Lipinski definition) is 1. The first-order chi connectivity index (χ1) is 10.3. The van der Waals surface area contributed by atoms with Gasteiger partial charge in [0.25, 0.3) is 0 Å². The minimum Gasteiger partial charge on any atom is -0.476 e. The second-order valence-electron chi connectivity index (χ2n) is 6.09. The van der Waals surface area contributed by atoms with Crippen molar-refractivity contribution in [3.8, 4) is 0 Å². The van der Waals surface area contributed by atoms with Crippen LogP contribution >= 0.6 is 11.3 Å². The molecular weight excluding hydrogens is 286 g/mol. The van der Waals surface area contributed by atoms with E-state index in [2.05, 4.69) is 9.88 Å². The van der Waals surface area contributed by atoms with Crippen LogP contribution in [0, 0.1) is 5.92 Å². The summed E-state index contributed by atoms with van der Waals surface area (Å²) in [6.45, 7) is 0.937. The molecule has 2 fully saturated rings. The van der Waals surface area contributed by atoms with Crippen LogP contribution in [0.3, 0.4) is 0 Å². The smallest absolute Gasteiger partial charge is 0.356 e. The Labute approximate surface area is 127 Å². The first-order valence-corrected chi connectivity index (χ1v) is 8.59. The number of aromatic carboxylic acids is 1. The highest BCUT2D eigenvalue weighted by atomic mass is 32.1. The molecule has 0 bridgehead atoms. The van der Waals surface area contributed by atoms with Crippen molar-refractivity contribution in [1.29, 1.82) is 0 Å². The predicted molar refractivity (Wildman–Crippen MR) is 82.4 cm³/mol. The monoisotopic (exact) mass is 305 g/mol. The van der Waals surface area contributed by atoms with E-state index >= 15 is 0 Å². The van der Waals surface area contributed by atoms with Crippen LogP contribution < -0.4 is 4.90 Å². The van der Waals surface area contributed by atoms with Crippen molar-refractivity contribution in [3.05, 3.63) is 17.3 Å². The SMILES string of the molecule is O=C(O)c1c(N2CCCC2C2CCCC2)nc2sccn12. The Morgan fingerprint density at radius 2 is 2.10 bits per heavy atom. The number of imidazole rings is 1. The lowest BCUT2D eigenvalue weighted by Crippen LogP contribution is -2.35. The van der Waals surface area contributed by atoms with Crippen LogP contribution in [-0.2, 0) is 0 Å². The predicted octanol–water partition coefficient (Wildman–Crippen LogP) is 3.25. The molecule has 1 unspecified atom stereocenters. The zero-order valence-electron chi connectivity index (χ0n) is 11.9. The Morgan fingerprint density at radius 3 is 2.86 bits per heavy atom. The Balaban J connectivity index is 1.76. The molecule has 0 radical (unpaired) electrons. The van der Waals surface area contributed by atoms with Crippen molar-refractivity contribution in [2.75, 3.05) is 11.4 Å². The Morgan fingerprint density at radius 1 is 1.29 bits per heavy atom. The average Bonchev–Trinajstić information content (AvgIpc) is 3.21. The first-order valence-electron chi connectivity index (χ1n) is 7.71. The fourth-order valence-electron chi connectivity index (χ4n) is 4.06. The van der Waals surface area contributed by atoms with E-state index in [-0.39, 0.29) is 0 Å². The van der Waals surface area contributed by atoms with Crippen LogP contribution in [0.1, 0.15) is 49.0 Å². The number of hydrogen-bond acceptors (Lipinski definition) is 4. The van der Waals surface area contributed by atoms with Gasteiger partial charge in [0.1, 0.15) is 0 Å². The maximum atomic E-state index is 11.7. The average molecular weight is 305 g/mol. The molecule has 1 atom stereocenters. The highest BCUT2D eigenvalue weighted by molar-refractivity contribution is 7.15. The molecule has 1 saturated carbocycles. The summed E-state index contributed by atoms with van der Waals surface area (Å²) < 4.78 is 1.71. The number of fused-ring (bicyclic) bond motifs is 1. The van der Waals surface area contributed by atoms with Crippen molar-refractivity contribution in [2.24, 2.45) is 5.92 Å². The zero-order chi connectivity index (χ0) is 14.4. The van der Waals surface area contributed by atoms with Gasteiger partial charge in [0.2, 0.25) is 0 Å². The molecule has 2 aliphatic rings. The summed E-state index contributed by atoms with van der Waals surface area (Å²) in [7, 11) is 0. The molecule has 2 aromatic heterocycles. The van der Waals surface area contributed by atoms with Gasteiger partial charge in [-0.3, -0.25) is 4.40 Å². The van der Waals surface area contributed by atoms with Crippen LogP contribution in [0.25, 0.3) is 4.96 Å². The van der Waals surface area contributed by atoms with E-state index in [1.807, 2.05) is 5.38 Å². The van der Waals surface area contributed by atoms with E-state index in [0.29, 0.717) is 23.5 Å². The number of thiazole rings is 1. The molecular formula is C15H19N3O2S. The molecule has 1 aliphatic heterocycles. The fraction of sp³-hybridized carbons (Fsp3) is 0.600. The summed E-state index contributed by atoms with van der Waals surface area (Å²) in [4.78, 5) is 19.4. The summed E-state index contributed by atoms with van der Waals surface area (Å²) >= 11 is 1.49. The third-order valence-electron chi connectivity index (χ3n) is 4.96. The van der Waals surface area contributed by atoms with Gasteiger partial charge in [-0.05, 0) is 31.6 Å². The van der Waals surface area contributed by atoms with Crippen LogP contribution in [0.2, 0.25) is 0 Å². The van der Waals surface area contributed by atoms with Gasteiger partial charge in [-0.25, -0.2) is 9.78 Å². The molecule has 5 nitrogen and oxygen atoms in total. The van der Waals surface area contributed by atoms with Crippen LogP contribution in [0.15, 0.2) is 11.6 Å². The van der Waals surface area contributed by atoms with Crippen molar-refractivity contribution in [3.63, 3.8) is 0 Å². The standard InChI is InChI=1S/C15H19N3O2S/c19-14(20)12-13(16-15-18(12)8-9-21-15)17-7-3-6-11(17)10-4-1-2-5-10/h8-11H,1-7H2,(H,19,20). The van der Waals surface area contributed by atoms with Crippen LogP contribution in [0.5, 0.6) is 0 Å². The number of anilines is 1. The van der Waals surface area contributed by atoms with Gasteiger partial charge in [-0.15, -0.1) is 11.3 Å². The Kier molecular flexibility index (Phi) is 3.14. The van der Waals surface area contributed by atoms with E-state index in [1.54, 1.807) is 10.6 Å². The largest absolute Gasteiger partial charge is 0.476 e. The normalized spacial score (nSPS) is 23.4. The van der Waals surface area contributed by atoms with E-state index in [9.17, 15) is 9.90 Å². The molecule has 1 N–H and O–H groups in total. The summed E-state index contributed by atoms with van der Waals surface area (Å²) in [6, 6.07) is 0.482. The second-order valence-corrected chi connectivity index (χ2v) is 6.97. The molecule has 4 rings (SSSR count). The molecule has 21 heavy (non-hydrogen) atoms. The van der Waals surface area contributed by atoms with Gasteiger partial charge >= 0.3 is 5.97 Å². The van der Waals surface area contributed by atoms with E-state index in [0.717, 1.165) is 17.9 Å². The molecule has 112 valence electrons. The minimum absolute atomic E-state index is 0.330. The number of carbonyl (C=O) groups is 1. The fourth-order valence-corrected chi connectivity index (χ4v) is 4.77. The quantitative estimate of drug-likeness (QED) is 0.945. The third-order valence-corrected chi connectivity index (χ3v) is 5.72. The third kappa shape index (κ3) is 2.04. The first kappa shape index (κ1) is 13.1. The van der Waals surface area contributed by atoms with E-state index in [4.69, 9.17) is 0 Å². The highest BCUT2D eigenvalue weighted by Crippen LogP contribution is 2.39. The van der Waals surface area contributed by atoms with Gasteiger partial charge in [0.15, 0.2) is 16.5 Å². The summed E-state index contributed by atoms with van der Waals surface area (Å²) in [5.41, 5.74) is 0.330. The maximum absolute atomic E-state index is 11.7. The van der Waals surface area contributed by atoms with Gasteiger partial charge in [0.05, 0.1) is 0 Å². The molecule has 0 spiro atoms. The second kappa shape index (κ2) is 5.02. The molecule has 1 aliphatic carbocycles. The van der Waals surface area contributed by atoms with Gasteiger partial charge in [-0.2, -0.15) is 0 Å². The topological polar surface area (TPSA) is 57.8 Å². The number of nitrogens with zero attached hydrogens (tertiary/aromatic N) is 3. The lowest BCUT2D eigenvalue weighted by Gasteiger charge is -2.29. The van der Waals surface area contributed by atoms with Gasteiger partial charge < -0.3 is 10.0 Å². The summed E-state index contributed by atoms with van der Waals surface area (Å²) in [5.74, 6) is 0.519. The van der Waals surface area contributed by atoms with Crippen LogP contribution in [0.4, 0.5) is 5.82 Å². The minimum atomic E-state index is -0.882. The number of carboxylic acids is 1. The number of rotatable bonds is 3.